The standard InChI is InChI=1S/C22H12N2O2/c25-23-21-8-7-17-10-16-6-5-15-9-13-3-1-2-4-14(13)11-18(15)19(16)12-20(17)22(21)24-26/h1-12H. The lowest BCUT2D eigenvalue weighted by molar-refractivity contribution is 1.45. The summed E-state index contributed by atoms with van der Waals surface area (Å²) in [5.74, 6) is 0. The summed E-state index contributed by atoms with van der Waals surface area (Å²) in [5.41, 5.74) is 0.162. The maximum atomic E-state index is 11.3. The Hall–Kier alpha value is -3.66. The molecule has 0 unspecified atom stereocenters. The molecule has 26 heavy (non-hydrogen) atoms. The molecule has 0 aliphatic heterocycles. The molecule has 5 rings (SSSR count). The number of nitrogens with zero attached hydrogens (tertiary/aromatic N) is 2. The van der Waals surface area contributed by atoms with Crippen molar-refractivity contribution < 1.29 is 0 Å². The molecule has 5 aromatic carbocycles. The van der Waals surface area contributed by atoms with Crippen LogP contribution in [0.5, 0.6) is 0 Å². The van der Waals surface area contributed by atoms with Crippen LogP contribution in [0.3, 0.4) is 0 Å². The summed E-state index contributed by atoms with van der Waals surface area (Å²) in [4.78, 5) is 22.3. The van der Waals surface area contributed by atoms with Crippen LogP contribution in [0, 0.1) is 9.81 Å². The van der Waals surface area contributed by atoms with Gasteiger partial charge in [-0.1, -0.05) is 42.5 Å². The fraction of sp³-hybridized carbons (Fsp3) is 0. The van der Waals surface area contributed by atoms with Crippen LogP contribution in [0.25, 0.3) is 43.1 Å². The van der Waals surface area contributed by atoms with Crippen LogP contribution in [0.1, 0.15) is 0 Å². The number of rotatable bonds is 2. The van der Waals surface area contributed by atoms with Crippen LogP contribution in [-0.4, -0.2) is 0 Å². The van der Waals surface area contributed by atoms with E-state index in [4.69, 9.17) is 0 Å². The molecule has 4 heteroatoms. The first kappa shape index (κ1) is 14.7. The van der Waals surface area contributed by atoms with Crippen LogP contribution in [0.4, 0.5) is 11.4 Å². The van der Waals surface area contributed by atoms with Gasteiger partial charge in [0.15, 0.2) is 0 Å². The van der Waals surface area contributed by atoms with E-state index in [0.717, 1.165) is 32.3 Å². The minimum Gasteiger partial charge on any atom is -0.145 e. The average Bonchev–Trinajstić information content (AvgIpc) is 2.70. The second-order valence-corrected chi connectivity index (χ2v) is 6.40. The number of nitroso groups, excluding NO2 is 2. The fourth-order valence-electron chi connectivity index (χ4n) is 3.71. The predicted molar refractivity (Wildman–Crippen MR) is 107 cm³/mol. The van der Waals surface area contributed by atoms with Crippen molar-refractivity contribution in [3.8, 4) is 0 Å². The molecule has 0 bridgehead atoms. The first-order chi connectivity index (χ1) is 12.8. The van der Waals surface area contributed by atoms with Gasteiger partial charge in [-0.2, -0.15) is 0 Å². The number of fused-ring (bicyclic) bond motifs is 5. The molecular formula is C22H12N2O2. The SMILES string of the molecule is O=Nc1ccc2cc3ccc4cc5ccccc5cc4c3cc2c1N=O. The molecule has 0 fully saturated rings. The molecule has 0 atom stereocenters. The van der Waals surface area contributed by atoms with Crippen LogP contribution in [0.2, 0.25) is 0 Å². The monoisotopic (exact) mass is 336 g/mol. The molecule has 0 amide bonds. The predicted octanol–water partition coefficient (Wildman–Crippen LogP) is 7.10. The summed E-state index contributed by atoms with van der Waals surface area (Å²) in [7, 11) is 0. The van der Waals surface area contributed by atoms with Gasteiger partial charge >= 0.3 is 0 Å². The number of hydrogen-bond acceptors (Lipinski definition) is 4. The largest absolute Gasteiger partial charge is 0.145 e. The Morgan fingerprint density at radius 2 is 1.08 bits per heavy atom. The van der Waals surface area contributed by atoms with Crippen LogP contribution in [0.15, 0.2) is 83.2 Å². The Balaban J connectivity index is 1.98. The summed E-state index contributed by atoms with van der Waals surface area (Å²) in [6.07, 6.45) is 0. The zero-order valence-corrected chi connectivity index (χ0v) is 13.6. The Labute approximate surface area is 148 Å². The lowest BCUT2D eigenvalue weighted by atomic mass is 9.95. The molecule has 0 N–H and O–H groups in total. The molecule has 0 saturated carbocycles. The van der Waals surface area contributed by atoms with E-state index < -0.39 is 0 Å². The molecule has 5 aromatic rings. The van der Waals surface area contributed by atoms with Crippen molar-refractivity contribution in [1.82, 2.24) is 0 Å². The van der Waals surface area contributed by atoms with Gasteiger partial charge in [-0.05, 0) is 78.4 Å². The third-order valence-corrected chi connectivity index (χ3v) is 4.98. The van der Waals surface area contributed by atoms with E-state index in [9.17, 15) is 9.81 Å². The van der Waals surface area contributed by atoms with E-state index in [2.05, 4.69) is 46.8 Å². The minimum atomic E-state index is 0.0672. The Kier molecular flexibility index (Phi) is 3.06. The molecule has 0 spiro atoms. The molecule has 4 nitrogen and oxygen atoms in total. The third kappa shape index (κ3) is 2.02. The van der Waals surface area contributed by atoms with E-state index in [1.807, 2.05) is 24.3 Å². The Morgan fingerprint density at radius 3 is 1.77 bits per heavy atom. The van der Waals surface area contributed by atoms with Crippen LogP contribution >= 0.6 is 0 Å². The maximum absolute atomic E-state index is 11.3. The highest BCUT2D eigenvalue weighted by Crippen LogP contribution is 2.39. The zero-order chi connectivity index (χ0) is 17.7. The van der Waals surface area contributed by atoms with E-state index in [-0.39, 0.29) is 11.4 Å². The molecule has 0 aromatic heterocycles. The summed E-state index contributed by atoms with van der Waals surface area (Å²) in [6, 6.07) is 24.0. The van der Waals surface area contributed by atoms with Gasteiger partial charge in [-0.25, -0.2) is 0 Å². The first-order valence-electron chi connectivity index (χ1n) is 8.27. The maximum Gasteiger partial charge on any atom is 0.145 e. The van der Waals surface area contributed by atoms with Gasteiger partial charge in [-0.3, -0.25) is 0 Å². The topological polar surface area (TPSA) is 58.9 Å². The van der Waals surface area contributed by atoms with Crippen molar-refractivity contribution in [1.29, 1.82) is 0 Å². The van der Waals surface area contributed by atoms with E-state index in [1.54, 1.807) is 6.07 Å². The normalized spacial score (nSPS) is 11.4. The molecule has 0 aliphatic rings. The first-order valence-corrected chi connectivity index (χ1v) is 8.27. The summed E-state index contributed by atoms with van der Waals surface area (Å²) in [5, 5.41) is 14.2. The van der Waals surface area contributed by atoms with Crippen molar-refractivity contribution in [2.75, 3.05) is 0 Å². The van der Waals surface area contributed by atoms with Gasteiger partial charge in [0.2, 0.25) is 0 Å². The van der Waals surface area contributed by atoms with Crippen molar-refractivity contribution in [3.63, 3.8) is 0 Å². The van der Waals surface area contributed by atoms with Gasteiger partial charge in [0, 0.05) is 5.39 Å². The smallest absolute Gasteiger partial charge is 0.145 e. The molecular weight excluding hydrogens is 324 g/mol. The van der Waals surface area contributed by atoms with Crippen LogP contribution < -0.4 is 0 Å². The highest BCUT2D eigenvalue weighted by molar-refractivity contribution is 6.16. The second kappa shape index (κ2) is 5.43. The molecule has 0 saturated heterocycles. The summed E-state index contributed by atoms with van der Waals surface area (Å²) < 4.78 is 0. The van der Waals surface area contributed by atoms with E-state index in [0.29, 0.717) is 5.39 Å². The number of hydrogen-bond donors (Lipinski definition) is 0. The van der Waals surface area contributed by atoms with Gasteiger partial charge in [-0.15, -0.1) is 9.81 Å². The summed E-state index contributed by atoms with van der Waals surface area (Å²) >= 11 is 0. The van der Waals surface area contributed by atoms with Gasteiger partial charge < -0.3 is 0 Å². The quantitative estimate of drug-likeness (QED) is 0.196. The molecule has 122 valence electrons. The Morgan fingerprint density at radius 1 is 0.500 bits per heavy atom. The molecule has 0 aliphatic carbocycles. The molecule has 0 radical (unpaired) electrons. The van der Waals surface area contributed by atoms with Crippen molar-refractivity contribution >= 4 is 54.5 Å². The Bertz CT molecular complexity index is 1370. The number of benzene rings is 5. The lowest BCUT2D eigenvalue weighted by Crippen LogP contribution is -1.82. The van der Waals surface area contributed by atoms with Gasteiger partial charge in [0.1, 0.15) is 11.4 Å². The zero-order valence-electron chi connectivity index (χ0n) is 13.6. The van der Waals surface area contributed by atoms with Gasteiger partial charge in [0.25, 0.3) is 0 Å². The highest BCUT2D eigenvalue weighted by atomic mass is 16.3. The van der Waals surface area contributed by atoms with E-state index in [1.165, 1.54) is 11.5 Å². The molecule has 0 heterocycles. The second-order valence-electron chi connectivity index (χ2n) is 6.40. The lowest BCUT2D eigenvalue weighted by Gasteiger charge is -2.09. The van der Waals surface area contributed by atoms with Crippen molar-refractivity contribution in [2.24, 2.45) is 10.4 Å². The highest BCUT2D eigenvalue weighted by Gasteiger charge is 2.12. The van der Waals surface area contributed by atoms with Crippen molar-refractivity contribution in [2.45, 2.75) is 0 Å². The average molecular weight is 336 g/mol. The summed E-state index contributed by atoms with van der Waals surface area (Å²) in [6.45, 7) is 0. The fourth-order valence-corrected chi connectivity index (χ4v) is 3.71. The van der Waals surface area contributed by atoms with E-state index >= 15 is 0 Å². The van der Waals surface area contributed by atoms with Crippen LogP contribution in [-0.2, 0) is 0 Å². The minimum absolute atomic E-state index is 0.0672. The third-order valence-electron chi connectivity index (χ3n) is 4.98. The van der Waals surface area contributed by atoms with Crippen molar-refractivity contribution in [3.05, 3.63) is 82.6 Å². The van der Waals surface area contributed by atoms with Gasteiger partial charge in [0.05, 0.1) is 0 Å².